The Balaban J connectivity index is 4.02. The van der Waals surface area contributed by atoms with E-state index in [1.54, 1.807) is 6.92 Å². The first kappa shape index (κ1) is 13.8. The van der Waals surface area contributed by atoms with Gasteiger partial charge >= 0.3 is 5.97 Å². The Morgan fingerprint density at radius 3 is 2.53 bits per heavy atom. The first-order valence-electron chi connectivity index (χ1n) is 4.96. The number of ether oxygens (including phenoxy) is 1. The lowest BCUT2D eigenvalue weighted by molar-refractivity contribution is -0.146. The van der Waals surface area contributed by atoms with Gasteiger partial charge in [-0.15, -0.1) is 6.58 Å². The molecule has 0 saturated carbocycles. The normalized spacial score (nSPS) is 14.1. The zero-order chi connectivity index (χ0) is 11.9. The van der Waals surface area contributed by atoms with E-state index in [-0.39, 0.29) is 25.0 Å². The van der Waals surface area contributed by atoms with Crippen LogP contribution in [0.5, 0.6) is 0 Å². The van der Waals surface area contributed by atoms with Crippen molar-refractivity contribution in [3.05, 3.63) is 12.7 Å². The van der Waals surface area contributed by atoms with Crippen LogP contribution in [0.3, 0.4) is 0 Å². The molecule has 0 aromatic rings. The van der Waals surface area contributed by atoms with E-state index in [0.29, 0.717) is 6.61 Å². The van der Waals surface area contributed by atoms with Crippen molar-refractivity contribution in [2.24, 2.45) is 0 Å². The molecule has 86 valence electrons. The second-order valence-electron chi connectivity index (χ2n) is 3.49. The fraction of sp³-hybridized carbons (Fsp3) is 0.636. The monoisotopic (exact) mass is 214 g/mol. The summed E-state index contributed by atoms with van der Waals surface area (Å²) in [5, 5.41) is 9.65. The van der Waals surface area contributed by atoms with Gasteiger partial charge in [0.25, 0.3) is 0 Å². The van der Waals surface area contributed by atoms with Crippen molar-refractivity contribution in [2.75, 3.05) is 6.61 Å². The molecular weight excluding hydrogens is 196 g/mol. The van der Waals surface area contributed by atoms with Crippen molar-refractivity contribution in [2.45, 2.75) is 38.7 Å². The highest BCUT2D eigenvalue weighted by Gasteiger charge is 2.28. The molecule has 0 amide bonds. The summed E-state index contributed by atoms with van der Waals surface area (Å²) in [5.41, 5.74) is -1.42. The predicted octanol–water partition coefficient (Wildman–Crippen LogP) is 1.23. The van der Waals surface area contributed by atoms with Gasteiger partial charge in [-0.1, -0.05) is 6.08 Å². The zero-order valence-electron chi connectivity index (χ0n) is 9.28. The molecule has 0 aliphatic carbocycles. The number of carbonyl (C=O) groups is 2. The summed E-state index contributed by atoms with van der Waals surface area (Å²) in [6.45, 7) is 6.87. The van der Waals surface area contributed by atoms with E-state index >= 15 is 0 Å². The van der Waals surface area contributed by atoms with Gasteiger partial charge in [-0.25, -0.2) is 0 Å². The molecule has 0 rings (SSSR count). The molecule has 4 heteroatoms. The van der Waals surface area contributed by atoms with Crippen LogP contribution in [0.2, 0.25) is 0 Å². The Kier molecular flexibility index (Phi) is 5.86. The summed E-state index contributed by atoms with van der Waals surface area (Å²) < 4.78 is 4.67. The number of ketones is 1. The molecule has 0 bridgehead atoms. The third-order valence-corrected chi connectivity index (χ3v) is 2.00. The zero-order valence-corrected chi connectivity index (χ0v) is 9.28. The highest BCUT2D eigenvalue weighted by molar-refractivity contribution is 5.89. The summed E-state index contributed by atoms with van der Waals surface area (Å²) in [7, 11) is 0. The maximum Gasteiger partial charge on any atom is 0.306 e. The van der Waals surface area contributed by atoms with Crippen LogP contribution in [0, 0.1) is 0 Å². The van der Waals surface area contributed by atoms with E-state index < -0.39 is 11.6 Å². The first-order valence-corrected chi connectivity index (χ1v) is 4.96. The second-order valence-corrected chi connectivity index (χ2v) is 3.49. The molecule has 0 spiro atoms. The lowest BCUT2D eigenvalue weighted by Gasteiger charge is -2.19. The predicted molar refractivity (Wildman–Crippen MR) is 56.3 cm³/mol. The Bertz CT molecular complexity index is 243. The third-order valence-electron chi connectivity index (χ3n) is 2.00. The quantitative estimate of drug-likeness (QED) is 0.511. The van der Waals surface area contributed by atoms with Gasteiger partial charge in [0.2, 0.25) is 0 Å². The van der Waals surface area contributed by atoms with E-state index in [2.05, 4.69) is 11.3 Å². The Labute approximate surface area is 89.9 Å². The molecule has 0 heterocycles. The number of Topliss-reactive ketones (excluding diaryl/α,β-unsaturated/α-hetero) is 1. The number of aliphatic hydroxyl groups is 1. The molecular formula is C11H18O4. The standard InChI is InChI=1S/C11H18O4/c1-4-8-11(3,14)9(12)6-7-10(13)15-5-2/h4,14H,1,5-8H2,2-3H3. The van der Waals surface area contributed by atoms with Gasteiger partial charge in [0.15, 0.2) is 5.78 Å². The largest absolute Gasteiger partial charge is 0.466 e. The molecule has 0 fully saturated rings. The average molecular weight is 214 g/mol. The molecule has 0 saturated heterocycles. The van der Waals surface area contributed by atoms with Gasteiger partial charge in [-0.05, 0) is 13.8 Å². The van der Waals surface area contributed by atoms with Crippen LogP contribution in [0.15, 0.2) is 12.7 Å². The molecule has 0 aliphatic heterocycles. The summed E-state index contributed by atoms with van der Waals surface area (Å²) in [5.74, 6) is -0.782. The maximum atomic E-state index is 11.5. The molecule has 0 radical (unpaired) electrons. The molecule has 1 atom stereocenters. The van der Waals surface area contributed by atoms with Gasteiger partial charge in [-0.2, -0.15) is 0 Å². The molecule has 1 unspecified atom stereocenters. The van der Waals surface area contributed by atoms with Crippen molar-refractivity contribution in [3.8, 4) is 0 Å². The highest BCUT2D eigenvalue weighted by atomic mass is 16.5. The summed E-state index contributed by atoms with van der Waals surface area (Å²) in [6.07, 6.45) is 1.68. The van der Waals surface area contributed by atoms with Crippen LogP contribution in [-0.2, 0) is 14.3 Å². The number of esters is 1. The number of hydrogen-bond acceptors (Lipinski definition) is 4. The molecule has 0 aliphatic rings. The topological polar surface area (TPSA) is 63.6 Å². The smallest absolute Gasteiger partial charge is 0.306 e. The second kappa shape index (κ2) is 6.35. The van der Waals surface area contributed by atoms with Crippen LogP contribution in [-0.4, -0.2) is 29.1 Å². The summed E-state index contributed by atoms with van der Waals surface area (Å²) >= 11 is 0. The van der Waals surface area contributed by atoms with Crippen molar-refractivity contribution >= 4 is 11.8 Å². The lowest BCUT2D eigenvalue weighted by Crippen LogP contribution is -2.34. The molecule has 0 aromatic heterocycles. The number of hydrogen-bond donors (Lipinski definition) is 1. The van der Waals surface area contributed by atoms with Crippen molar-refractivity contribution in [1.29, 1.82) is 0 Å². The fourth-order valence-electron chi connectivity index (χ4n) is 1.11. The van der Waals surface area contributed by atoms with Gasteiger partial charge in [0.1, 0.15) is 5.60 Å². The van der Waals surface area contributed by atoms with E-state index in [1.165, 1.54) is 13.0 Å². The SMILES string of the molecule is C=CCC(C)(O)C(=O)CCC(=O)OCC. The van der Waals surface area contributed by atoms with E-state index in [9.17, 15) is 14.7 Å². The van der Waals surface area contributed by atoms with Gasteiger partial charge in [0.05, 0.1) is 13.0 Å². The van der Waals surface area contributed by atoms with Gasteiger partial charge < -0.3 is 9.84 Å². The van der Waals surface area contributed by atoms with Crippen LogP contribution in [0.25, 0.3) is 0 Å². The molecule has 0 aromatic carbocycles. The van der Waals surface area contributed by atoms with Crippen LogP contribution in [0.4, 0.5) is 0 Å². The van der Waals surface area contributed by atoms with E-state index in [0.717, 1.165) is 0 Å². The van der Waals surface area contributed by atoms with Crippen LogP contribution >= 0.6 is 0 Å². The molecule has 15 heavy (non-hydrogen) atoms. The first-order chi connectivity index (χ1) is 6.94. The van der Waals surface area contributed by atoms with Crippen molar-refractivity contribution in [1.82, 2.24) is 0 Å². The minimum Gasteiger partial charge on any atom is -0.466 e. The minimum atomic E-state index is -1.42. The van der Waals surface area contributed by atoms with E-state index in [4.69, 9.17) is 0 Å². The van der Waals surface area contributed by atoms with E-state index in [1.807, 2.05) is 0 Å². The highest BCUT2D eigenvalue weighted by Crippen LogP contribution is 2.14. The number of carbonyl (C=O) groups excluding carboxylic acids is 2. The van der Waals surface area contributed by atoms with Crippen LogP contribution in [0.1, 0.15) is 33.1 Å². The fourth-order valence-corrected chi connectivity index (χ4v) is 1.11. The maximum absolute atomic E-state index is 11.5. The van der Waals surface area contributed by atoms with Gasteiger partial charge in [0, 0.05) is 12.8 Å². The summed E-state index contributed by atoms with van der Waals surface area (Å²) in [4.78, 5) is 22.4. The Hall–Kier alpha value is -1.16. The minimum absolute atomic E-state index is 0.000324. The van der Waals surface area contributed by atoms with Gasteiger partial charge in [-0.3, -0.25) is 9.59 Å². The Morgan fingerprint density at radius 1 is 1.47 bits per heavy atom. The molecule has 1 N–H and O–H groups in total. The average Bonchev–Trinajstić information content (AvgIpc) is 2.14. The molecule has 4 nitrogen and oxygen atoms in total. The van der Waals surface area contributed by atoms with Crippen LogP contribution < -0.4 is 0 Å². The number of rotatable bonds is 7. The Morgan fingerprint density at radius 2 is 2.07 bits per heavy atom. The summed E-state index contributed by atoms with van der Waals surface area (Å²) in [6, 6.07) is 0. The third kappa shape index (κ3) is 5.32. The lowest BCUT2D eigenvalue weighted by atomic mass is 9.94. The van der Waals surface area contributed by atoms with Crippen molar-refractivity contribution in [3.63, 3.8) is 0 Å². The van der Waals surface area contributed by atoms with Crippen molar-refractivity contribution < 1.29 is 19.4 Å².